The third-order valence-corrected chi connectivity index (χ3v) is 2.49. The maximum absolute atomic E-state index is 11.5. The van der Waals surface area contributed by atoms with Crippen molar-refractivity contribution < 1.29 is 4.79 Å². The van der Waals surface area contributed by atoms with Gasteiger partial charge in [-0.1, -0.05) is 6.07 Å². The second-order valence-corrected chi connectivity index (χ2v) is 3.51. The number of hydrogen-bond acceptors (Lipinski definition) is 2. The number of benzene rings is 1. The zero-order valence-corrected chi connectivity index (χ0v) is 8.50. The van der Waals surface area contributed by atoms with Crippen molar-refractivity contribution in [1.29, 1.82) is 0 Å². The Morgan fingerprint density at radius 2 is 2.29 bits per heavy atom. The van der Waals surface area contributed by atoms with E-state index in [4.69, 9.17) is 0 Å². The molecule has 1 aliphatic rings. The van der Waals surface area contributed by atoms with Gasteiger partial charge in [0.2, 0.25) is 5.91 Å². The van der Waals surface area contributed by atoms with E-state index in [1.54, 1.807) is 0 Å². The van der Waals surface area contributed by atoms with Crippen LogP contribution < -0.4 is 10.2 Å². The number of nitrogens with zero attached hydrogens (tertiary/aromatic N) is 1. The lowest BCUT2D eigenvalue weighted by atomic mass is 10.1. The van der Waals surface area contributed by atoms with Crippen molar-refractivity contribution in [1.82, 2.24) is 0 Å². The van der Waals surface area contributed by atoms with Crippen LogP contribution in [0.3, 0.4) is 0 Å². The van der Waals surface area contributed by atoms with Crippen LogP contribution in [0.25, 0.3) is 0 Å². The number of nitrogens with one attached hydrogen (secondary N) is 1. The summed E-state index contributed by atoms with van der Waals surface area (Å²) in [6.07, 6.45) is 0. The summed E-state index contributed by atoms with van der Waals surface area (Å²) in [6.45, 7) is 5.18. The Balaban J connectivity index is 2.47. The minimum absolute atomic E-state index is 0.142. The predicted octanol–water partition coefficient (Wildman–Crippen LogP) is 1.77. The molecule has 0 atom stereocenters. The van der Waals surface area contributed by atoms with Crippen LogP contribution in [0.4, 0.5) is 11.4 Å². The highest BCUT2D eigenvalue weighted by molar-refractivity contribution is 6.02. The van der Waals surface area contributed by atoms with Gasteiger partial charge in [-0.3, -0.25) is 4.79 Å². The fourth-order valence-electron chi connectivity index (χ4n) is 1.77. The first-order chi connectivity index (χ1) is 6.72. The SMILES string of the molecule is CCN1C(=O)CNc2cc(C)ccc21. The Hall–Kier alpha value is -1.51. The van der Waals surface area contributed by atoms with E-state index in [1.165, 1.54) is 5.56 Å². The second-order valence-electron chi connectivity index (χ2n) is 3.51. The molecule has 0 unspecified atom stereocenters. The van der Waals surface area contributed by atoms with Crippen LogP contribution in [0.5, 0.6) is 0 Å². The van der Waals surface area contributed by atoms with Gasteiger partial charge < -0.3 is 10.2 Å². The first kappa shape index (κ1) is 9.06. The predicted molar refractivity (Wildman–Crippen MR) is 57.7 cm³/mol. The summed E-state index contributed by atoms with van der Waals surface area (Å²) >= 11 is 0. The van der Waals surface area contributed by atoms with Crippen LogP contribution in [0, 0.1) is 6.92 Å². The van der Waals surface area contributed by atoms with Gasteiger partial charge in [0.05, 0.1) is 17.9 Å². The maximum Gasteiger partial charge on any atom is 0.246 e. The summed E-state index contributed by atoms with van der Waals surface area (Å²) in [4.78, 5) is 13.3. The molecule has 0 spiro atoms. The van der Waals surface area contributed by atoms with Crippen molar-refractivity contribution in [3.8, 4) is 0 Å². The van der Waals surface area contributed by atoms with Crippen molar-refractivity contribution in [3.05, 3.63) is 23.8 Å². The number of hydrogen-bond donors (Lipinski definition) is 1. The van der Waals surface area contributed by atoms with Crippen molar-refractivity contribution in [2.75, 3.05) is 23.3 Å². The summed E-state index contributed by atoms with van der Waals surface area (Å²) in [5.74, 6) is 0.142. The summed E-state index contributed by atoms with van der Waals surface area (Å²) < 4.78 is 0. The molecule has 0 saturated carbocycles. The molecule has 2 rings (SSSR count). The molecule has 1 aromatic carbocycles. The molecule has 0 saturated heterocycles. The second kappa shape index (κ2) is 3.33. The normalized spacial score (nSPS) is 15.0. The van der Waals surface area contributed by atoms with Gasteiger partial charge in [-0.15, -0.1) is 0 Å². The minimum Gasteiger partial charge on any atom is -0.374 e. The molecular formula is C11H14N2O. The Bertz CT molecular complexity index is 374. The van der Waals surface area contributed by atoms with Gasteiger partial charge in [-0.05, 0) is 31.5 Å². The molecule has 1 amide bonds. The number of carbonyl (C=O) groups is 1. The molecule has 0 bridgehead atoms. The van der Waals surface area contributed by atoms with Crippen LogP contribution in [0.2, 0.25) is 0 Å². The standard InChI is InChI=1S/C11H14N2O/c1-3-13-10-5-4-8(2)6-9(10)12-7-11(13)14/h4-6,12H,3,7H2,1-2H3. The molecule has 1 N–H and O–H groups in total. The quantitative estimate of drug-likeness (QED) is 0.732. The Kier molecular flexibility index (Phi) is 2.15. The largest absolute Gasteiger partial charge is 0.374 e. The van der Waals surface area contributed by atoms with Crippen molar-refractivity contribution in [3.63, 3.8) is 0 Å². The molecule has 1 aromatic rings. The first-order valence-corrected chi connectivity index (χ1v) is 4.87. The number of rotatable bonds is 1. The van der Waals surface area contributed by atoms with Crippen LogP contribution >= 0.6 is 0 Å². The number of likely N-dealkylation sites (N-methyl/N-ethyl adjacent to an activating group) is 1. The molecule has 14 heavy (non-hydrogen) atoms. The lowest BCUT2D eigenvalue weighted by Crippen LogP contribution is -2.39. The van der Waals surface area contributed by atoms with Crippen molar-refractivity contribution in [2.24, 2.45) is 0 Å². The van der Waals surface area contributed by atoms with Gasteiger partial charge in [0, 0.05) is 6.54 Å². The highest BCUT2D eigenvalue weighted by atomic mass is 16.2. The fourth-order valence-corrected chi connectivity index (χ4v) is 1.77. The maximum atomic E-state index is 11.5. The zero-order chi connectivity index (χ0) is 10.1. The summed E-state index contributed by atoms with van der Waals surface area (Å²) in [6, 6.07) is 6.10. The Morgan fingerprint density at radius 1 is 1.50 bits per heavy atom. The van der Waals surface area contributed by atoms with Gasteiger partial charge in [0.25, 0.3) is 0 Å². The van der Waals surface area contributed by atoms with E-state index >= 15 is 0 Å². The molecular weight excluding hydrogens is 176 g/mol. The van der Waals surface area contributed by atoms with Crippen LogP contribution in [0.1, 0.15) is 12.5 Å². The van der Waals surface area contributed by atoms with Crippen molar-refractivity contribution in [2.45, 2.75) is 13.8 Å². The van der Waals surface area contributed by atoms with E-state index in [0.717, 1.165) is 17.9 Å². The van der Waals surface area contributed by atoms with E-state index in [-0.39, 0.29) is 5.91 Å². The lowest BCUT2D eigenvalue weighted by molar-refractivity contribution is -0.117. The van der Waals surface area contributed by atoms with Crippen molar-refractivity contribution >= 4 is 17.3 Å². The molecule has 74 valence electrons. The summed E-state index contributed by atoms with van der Waals surface area (Å²) in [5.41, 5.74) is 3.27. The van der Waals surface area contributed by atoms with Crippen LogP contribution in [0.15, 0.2) is 18.2 Å². The van der Waals surface area contributed by atoms with Gasteiger partial charge in [-0.25, -0.2) is 0 Å². The van der Waals surface area contributed by atoms with E-state index in [2.05, 4.69) is 18.3 Å². The Labute approximate surface area is 83.7 Å². The number of aryl methyl sites for hydroxylation is 1. The van der Waals surface area contributed by atoms with Gasteiger partial charge in [0.15, 0.2) is 0 Å². The van der Waals surface area contributed by atoms with Crippen LogP contribution in [-0.2, 0) is 4.79 Å². The topological polar surface area (TPSA) is 32.3 Å². The average Bonchev–Trinajstić information content (AvgIpc) is 2.18. The average molecular weight is 190 g/mol. The number of amides is 1. The third-order valence-electron chi connectivity index (χ3n) is 2.49. The van der Waals surface area contributed by atoms with E-state index in [0.29, 0.717) is 6.54 Å². The van der Waals surface area contributed by atoms with Gasteiger partial charge in [0.1, 0.15) is 0 Å². The molecule has 1 aliphatic heterocycles. The smallest absolute Gasteiger partial charge is 0.246 e. The summed E-state index contributed by atoms with van der Waals surface area (Å²) in [7, 11) is 0. The monoisotopic (exact) mass is 190 g/mol. The molecule has 3 heteroatoms. The zero-order valence-electron chi connectivity index (χ0n) is 8.50. The number of anilines is 2. The lowest BCUT2D eigenvalue weighted by Gasteiger charge is -2.29. The molecule has 0 aromatic heterocycles. The van der Waals surface area contributed by atoms with E-state index < -0.39 is 0 Å². The van der Waals surface area contributed by atoms with Gasteiger partial charge >= 0.3 is 0 Å². The van der Waals surface area contributed by atoms with E-state index in [9.17, 15) is 4.79 Å². The number of fused-ring (bicyclic) bond motifs is 1. The van der Waals surface area contributed by atoms with Gasteiger partial charge in [-0.2, -0.15) is 0 Å². The molecule has 1 heterocycles. The molecule has 3 nitrogen and oxygen atoms in total. The molecule has 0 fully saturated rings. The highest BCUT2D eigenvalue weighted by Gasteiger charge is 2.21. The first-order valence-electron chi connectivity index (χ1n) is 4.87. The fraction of sp³-hybridized carbons (Fsp3) is 0.364. The molecule has 0 aliphatic carbocycles. The highest BCUT2D eigenvalue weighted by Crippen LogP contribution is 2.29. The van der Waals surface area contributed by atoms with E-state index in [1.807, 2.05) is 24.0 Å². The molecule has 0 radical (unpaired) electrons. The van der Waals surface area contributed by atoms with Crippen LogP contribution in [-0.4, -0.2) is 19.0 Å². The third kappa shape index (κ3) is 1.35. The summed E-state index contributed by atoms with van der Waals surface area (Å²) in [5, 5.41) is 3.13. The minimum atomic E-state index is 0.142. The number of carbonyl (C=O) groups excluding carboxylic acids is 1. The Morgan fingerprint density at radius 3 is 3.00 bits per heavy atom.